The van der Waals surface area contributed by atoms with Crippen molar-refractivity contribution in [3.05, 3.63) is 39.1 Å². The largest absolute Gasteiger partial charge is 0.398 e. The van der Waals surface area contributed by atoms with E-state index in [9.17, 15) is 8.42 Å². The van der Waals surface area contributed by atoms with Crippen molar-refractivity contribution in [2.24, 2.45) is 0 Å². The lowest BCUT2D eigenvalue weighted by Gasteiger charge is -2.08. The van der Waals surface area contributed by atoms with E-state index in [-0.39, 0.29) is 15.7 Å². The molecule has 21 heavy (non-hydrogen) atoms. The lowest BCUT2D eigenvalue weighted by Crippen LogP contribution is -2.11. The summed E-state index contributed by atoms with van der Waals surface area (Å²) in [6, 6.07) is 4.33. The van der Waals surface area contributed by atoms with Crippen LogP contribution >= 0.6 is 27.5 Å². The molecule has 114 valence electrons. The number of rotatable bonds is 4. The fraction of sp³-hybridized carbons (Fsp3) is 0.308. The van der Waals surface area contributed by atoms with Gasteiger partial charge in [-0.05, 0) is 48.0 Å². The topological polar surface area (TPSA) is 78.0 Å². The highest BCUT2D eigenvalue weighted by Crippen LogP contribution is 2.28. The summed E-state index contributed by atoms with van der Waals surface area (Å²) >= 11 is 9.30. The predicted molar refractivity (Wildman–Crippen MR) is 87.1 cm³/mol. The third-order valence-corrected chi connectivity index (χ3v) is 6.10. The van der Waals surface area contributed by atoms with Crippen molar-refractivity contribution in [1.82, 2.24) is 9.78 Å². The second-order valence-corrected chi connectivity index (χ2v) is 7.79. The summed E-state index contributed by atoms with van der Waals surface area (Å²) in [4.78, 5) is 0.148. The van der Waals surface area contributed by atoms with E-state index in [1.165, 1.54) is 18.2 Å². The van der Waals surface area contributed by atoms with E-state index in [1.807, 2.05) is 13.8 Å². The van der Waals surface area contributed by atoms with Crippen molar-refractivity contribution in [2.75, 3.05) is 5.73 Å². The molecular weight excluding hydrogens is 378 g/mol. The summed E-state index contributed by atoms with van der Waals surface area (Å²) in [5.41, 5.74) is 7.35. The molecule has 0 aliphatic carbocycles. The first kappa shape index (κ1) is 16.3. The molecule has 0 bridgehead atoms. The van der Waals surface area contributed by atoms with Crippen molar-refractivity contribution >= 4 is 43.1 Å². The lowest BCUT2D eigenvalue weighted by atomic mass is 10.3. The van der Waals surface area contributed by atoms with Crippen LogP contribution in [0.4, 0.5) is 5.69 Å². The van der Waals surface area contributed by atoms with Gasteiger partial charge in [-0.25, -0.2) is 8.42 Å². The van der Waals surface area contributed by atoms with Crippen LogP contribution in [0.3, 0.4) is 0 Å². The van der Waals surface area contributed by atoms with Crippen molar-refractivity contribution < 1.29 is 8.42 Å². The number of aryl methyl sites for hydroxylation is 2. The van der Waals surface area contributed by atoms with Crippen LogP contribution in [0.2, 0.25) is 5.02 Å². The van der Waals surface area contributed by atoms with Crippen molar-refractivity contribution in [3.8, 4) is 0 Å². The first-order chi connectivity index (χ1) is 9.76. The first-order valence-electron chi connectivity index (χ1n) is 6.25. The van der Waals surface area contributed by atoms with Gasteiger partial charge in [0.2, 0.25) is 0 Å². The summed E-state index contributed by atoms with van der Waals surface area (Å²) in [5.74, 6) is -0.150. The first-order valence-corrected chi connectivity index (χ1v) is 9.08. The molecule has 0 fully saturated rings. The number of nitrogens with two attached hydrogens (primary N) is 1. The Labute approximate surface area is 137 Å². The number of benzene rings is 1. The van der Waals surface area contributed by atoms with E-state index < -0.39 is 9.84 Å². The summed E-state index contributed by atoms with van der Waals surface area (Å²) in [7, 11) is -3.53. The molecule has 0 saturated heterocycles. The van der Waals surface area contributed by atoms with E-state index in [1.54, 1.807) is 4.68 Å². The van der Waals surface area contributed by atoms with Gasteiger partial charge >= 0.3 is 0 Å². The Hall–Kier alpha value is -1.05. The second kappa shape index (κ2) is 5.98. The Kier molecular flexibility index (Phi) is 4.65. The highest BCUT2D eigenvalue weighted by molar-refractivity contribution is 9.10. The molecule has 0 radical (unpaired) electrons. The number of nitrogens with zero attached hydrogens (tertiary/aromatic N) is 2. The number of aromatic nitrogens is 2. The Morgan fingerprint density at radius 2 is 2.10 bits per heavy atom. The lowest BCUT2D eigenvalue weighted by molar-refractivity contribution is 0.585. The second-order valence-electron chi connectivity index (χ2n) is 4.60. The maximum atomic E-state index is 12.5. The van der Waals surface area contributed by atoms with E-state index >= 15 is 0 Å². The predicted octanol–water partition coefficient (Wildman–Crippen LogP) is 3.18. The molecule has 0 saturated carbocycles. The Morgan fingerprint density at radius 3 is 2.67 bits per heavy atom. The van der Waals surface area contributed by atoms with Crippen LogP contribution in [0.1, 0.15) is 18.3 Å². The molecule has 1 heterocycles. The van der Waals surface area contributed by atoms with Gasteiger partial charge in [0.1, 0.15) is 0 Å². The van der Waals surface area contributed by atoms with Crippen molar-refractivity contribution in [3.63, 3.8) is 0 Å². The third-order valence-electron chi connectivity index (χ3n) is 3.11. The van der Waals surface area contributed by atoms with E-state index in [2.05, 4.69) is 21.0 Å². The molecule has 0 atom stereocenters. The summed E-state index contributed by atoms with van der Waals surface area (Å²) in [6.45, 7) is 4.33. The Balaban J connectivity index is 2.44. The standard InChI is InChI=1S/C13H15BrClN3O2S/c1-3-18-12(13(14)8(2)17-18)7-21(19,20)9-4-5-11(16)10(15)6-9/h4-6H,3,7,16H2,1-2H3. The van der Waals surface area contributed by atoms with Gasteiger partial charge in [-0.15, -0.1) is 0 Å². The van der Waals surface area contributed by atoms with Crippen LogP contribution in [0.5, 0.6) is 0 Å². The molecular formula is C13H15BrClN3O2S. The van der Waals surface area contributed by atoms with Gasteiger partial charge in [-0.1, -0.05) is 11.6 Å². The van der Waals surface area contributed by atoms with Gasteiger partial charge in [0, 0.05) is 6.54 Å². The number of nitrogen functional groups attached to an aromatic ring is 1. The smallest absolute Gasteiger partial charge is 0.184 e. The van der Waals surface area contributed by atoms with Crippen LogP contribution < -0.4 is 5.73 Å². The summed E-state index contributed by atoms with van der Waals surface area (Å²) < 4.78 is 27.5. The van der Waals surface area contributed by atoms with Crippen LogP contribution in [0.25, 0.3) is 0 Å². The van der Waals surface area contributed by atoms with Crippen LogP contribution in [-0.2, 0) is 22.1 Å². The molecule has 0 aliphatic heterocycles. The minimum absolute atomic E-state index is 0.148. The van der Waals surface area contributed by atoms with Crippen LogP contribution in [-0.4, -0.2) is 18.2 Å². The van der Waals surface area contributed by atoms with Gasteiger partial charge < -0.3 is 5.73 Å². The average molecular weight is 393 g/mol. The average Bonchev–Trinajstić information content (AvgIpc) is 2.69. The molecule has 5 nitrogen and oxygen atoms in total. The Bertz CT molecular complexity index is 787. The fourth-order valence-electron chi connectivity index (χ4n) is 1.97. The normalized spacial score (nSPS) is 11.8. The highest BCUT2D eigenvalue weighted by atomic mass is 79.9. The molecule has 1 aromatic heterocycles. The quantitative estimate of drug-likeness (QED) is 0.811. The molecule has 2 N–H and O–H groups in total. The maximum absolute atomic E-state index is 12.5. The maximum Gasteiger partial charge on any atom is 0.184 e. The monoisotopic (exact) mass is 391 g/mol. The van der Waals surface area contributed by atoms with E-state index in [0.717, 1.165) is 10.2 Å². The molecule has 0 amide bonds. The minimum atomic E-state index is -3.53. The molecule has 2 aromatic rings. The number of sulfone groups is 1. The number of halogens is 2. The minimum Gasteiger partial charge on any atom is -0.398 e. The zero-order chi connectivity index (χ0) is 15.8. The molecule has 8 heteroatoms. The Morgan fingerprint density at radius 1 is 1.43 bits per heavy atom. The SMILES string of the molecule is CCn1nc(C)c(Br)c1CS(=O)(=O)c1ccc(N)c(Cl)c1. The molecule has 0 spiro atoms. The highest BCUT2D eigenvalue weighted by Gasteiger charge is 2.22. The van der Waals surface area contributed by atoms with Crippen molar-refractivity contribution in [1.29, 1.82) is 0 Å². The van der Waals surface area contributed by atoms with E-state index in [0.29, 0.717) is 17.9 Å². The molecule has 0 aliphatic rings. The zero-order valence-electron chi connectivity index (χ0n) is 11.6. The number of hydrogen-bond donors (Lipinski definition) is 1. The van der Waals surface area contributed by atoms with Gasteiger partial charge in [0.15, 0.2) is 9.84 Å². The third kappa shape index (κ3) is 3.25. The van der Waals surface area contributed by atoms with Gasteiger partial charge in [0.05, 0.1) is 37.2 Å². The summed E-state index contributed by atoms with van der Waals surface area (Å²) in [6.07, 6.45) is 0. The molecule has 2 rings (SSSR count). The van der Waals surface area contributed by atoms with Crippen molar-refractivity contribution in [2.45, 2.75) is 31.0 Å². The number of anilines is 1. The zero-order valence-corrected chi connectivity index (χ0v) is 14.8. The van der Waals surface area contributed by atoms with Crippen LogP contribution in [0, 0.1) is 6.92 Å². The number of hydrogen-bond acceptors (Lipinski definition) is 4. The fourth-order valence-corrected chi connectivity index (χ4v) is 4.22. The van der Waals surface area contributed by atoms with Gasteiger partial charge in [-0.2, -0.15) is 5.10 Å². The van der Waals surface area contributed by atoms with Gasteiger partial charge in [-0.3, -0.25) is 4.68 Å². The molecule has 0 unspecified atom stereocenters. The van der Waals surface area contributed by atoms with Crippen LogP contribution in [0.15, 0.2) is 27.6 Å². The van der Waals surface area contributed by atoms with E-state index in [4.69, 9.17) is 17.3 Å². The van der Waals surface area contributed by atoms with Gasteiger partial charge in [0.25, 0.3) is 0 Å². The summed E-state index contributed by atoms with van der Waals surface area (Å²) in [5, 5.41) is 4.53. The molecule has 1 aromatic carbocycles.